The van der Waals surface area contributed by atoms with Gasteiger partial charge < -0.3 is 10.2 Å². The molecule has 0 unspecified atom stereocenters. The van der Waals surface area contributed by atoms with E-state index < -0.39 is 0 Å². The van der Waals surface area contributed by atoms with E-state index in [0.29, 0.717) is 22.5 Å². The number of hydrogen-bond donors (Lipinski definition) is 1. The lowest BCUT2D eigenvalue weighted by atomic mass is 9.94. The molecule has 2 saturated heterocycles. The Kier molecular flexibility index (Phi) is 3.83. The molecule has 0 saturated carbocycles. The molecule has 102 valence electrons. The Hall–Kier alpha value is -0.580. The minimum Gasteiger partial charge on any atom is -0.337 e. The van der Waals surface area contributed by atoms with Gasteiger partial charge in [-0.05, 0) is 43.5 Å². The molecule has 0 aromatic heterocycles. The fourth-order valence-electron chi connectivity index (χ4n) is 3.04. The molecule has 1 aromatic carbocycles. The third kappa shape index (κ3) is 2.67. The van der Waals surface area contributed by atoms with Crippen LogP contribution in [0.25, 0.3) is 0 Å². The lowest BCUT2D eigenvalue weighted by molar-refractivity contribution is 0.0785. The number of halogens is 2. The fourth-order valence-corrected chi connectivity index (χ4v) is 3.60. The van der Waals surface area contributed by atoms with Crippen LogP contribution in [-0.4, -0.2) is 36.5 Å². The van der Waals surface area contributed by atoms with E-state index in [-0.39, 0.29) is 5.91 Å². The third-order valence-electron chi connectivity index (χ3n) is 4.05. The number of likely N-dealkylation sites (tertiary alicyclic amines) is 1. The molecule has 1 N–H and O–H groups in total. The Morgan fingerprint density at radius 3 is 3.05 bits per heavy atom. The first-order chi connectivity index (χ1) is 9.15. The van der Waals surface area contributed by atoms with Crippen LogP contribution in [0.2, 0.25) is 5.02 Å². The molecule has 0 bridgehead atoms. The Bertz CT molecular complexity index is 494. The van der Waals surface area contributed by atoms with Crippen LogP contribution in [0.3, 0.4) is 0 Å². The largest absolute Gasteiger partial charge is 0.337 e. The van der Waals surface area contributed by atoms with Crippen molar-refractivity contribution in [2.24, 2.45) is 5.92 Å². The SMILES string of the molecule is O=C(c1cc(Br)ccc1Cl)N1C[C@@H]2CCCN[C@@H]2C1. The van der Waals surface area contributed by atoms with Crippen LogP contribution in [0.4, 0.5) is 0 Å². The van der Waals surface area contributed by atoms with Crippen molar-refractivity contribution in [3.05, 3.63) is 33.3 Å². The van der Waals surface area contributed by atoms with Crippen LogP contribution < -0.4 is 5.32 Å². The van der Waals surface area contributed by atoms with Crippen molar-refractivity contribution in [2.75, 3.05) is 19.6 Å². The van der Waals surface area contributed by atoms with Gasteiger partial charge in [-0.25, -0.2) is 0 Å². The molecule has 1 aromatic rings. The van der Waals surface area contributed by atoms with Gasteiger partial charge in [-0.1, -0.05) is 27.5 Å². The molecular weight excluding hydrogens is 328 g/mol. The molecule has 2 aliphatic heterocycles. The summed E-state index contributed by atoms with van der Waals surface area (Å²) in [5.74, 6) is 0.645. The Balaban J connectivity index is 1.79. The predicted octanol–water partition coefficient (Wildman–Crippen LogP) is 2.93. The fraction of sp³-hybridized carbons (Fsp3) is 0.500. The maximum absolute atomic E-state index is 12.6. The van der Waals surface area contributed by atoms with Crippen molar-refractivity contribution < 1.29 is 4.79 Å². The zero-order valence-corrected chi connectivity index (χ0v) is 12.9. The zero-order chi connectivity index (χ0) is 13.4. The van der Waals surface area contributed by atoms with Gasteiger partial charge in [-0.15, -0.1) is 0 Å². The molecule has 3 rings (SSSR count). The highest BCUT2D eigenvalue weighted by molar-refractivity contribution is 9.10. The first kappa shape index (κ1) is 13.4. The van der Waals surface area contributed by atoms with Gasteiger partial charge in [0.1, 0.15) is 0 Å². The van der Waals surface area contributed by atoms with E-state index in [9.17, 15) is 4.79 Å². The van der Waals surface area contributed by atoms with Crippen LogP contribution in [0.15, 0.2) is 22.7 Å². The van der Waals surface area contributed by atoms with Crippen LogP contribution >= 0.6 is 27.5 Å². The normalized spacial score (nSPS) is 26.3. The second-order valence-electron chi connectivity index (χ2n) is 5.30. The molecule has 3 nitrogen and oxygen atoms in total. The van der Waals surface area contributed by atoms with Gasteiger partial charge in [0.2, 0.25) is 0 Å². The summed E-state index contributed by atoms with van der Waals surface area (Å²) in [4.78, 5) is 14.5. The van der Waals surface area contributed by atoms with E-state index in [1.807, 2.05) is 11.0 Å². The van der Waals surface area contributed by atoms with Crippen molar-refractivity contribution in [2.45, 2.75) is 18.9 Å². The molecular formula is C14H16BrClN2O. The summed E-state index contributed by atoms with van der Waals surface area (Å²) in [5, 5.41) is 4.03. The van der Waals surface area contributed by atoms with Crippen molar-refractivity contribution in [1.82, 2.24) is 10.2 Å². The van der Waals surface area contributed by atoms with Gasteiger partial charge in [0.15, 0.2) is 0 Å². The molecule has 5 heteroatoms. The summed E-state index contributed by atoms with van der Waals surface area (Å²) in [6.07, 6.45) is 2.43. The van der Waals surface area contributed by atoms with Crippen LogP contribution in [-0.2, 0) is 0 Å². The van der Waals surface area contributed by atoms with Gasteiger partial charge >= 0.3 is 0 Å². The zero-order valence-electron chi connectivity index (χ0n) is 10.5. The topological polar surface area (TPSA) is 32.3 Å². The molecule has 2 fully saturated rings. The van der Waals surface area contributed by atoms with Gasteiger partial charge in [-0.3, -0.25) is 4.79 Å². The van der Waals surface area contributed by atoms with Gasteiger partial charge in [-0.2, -0.15) is 0 Å². The lowest BCUT2D eigenvalue weighted by Crippen LogP contribution is -2.41. The van der Waals surface area contributed by atoms with Gasteiger partial charge in [0, 0.05) is 23.6 Å². The maximum Gasteiger partial charge on any atom is 0.255 e. The summed E-state index contributed by atoms with van der Waals surface area (Å²) >= 11 is 9.53. The molecule has 2 heterocycles. The molecule has 1 amide bonds. The second-order valence-corrected chi connectivity index (χ2v) is 6.62. The first-order valence-corrected chi connectivity index (χ1v) is 7.80. The molecule has 0 radical (unpaired) electrons. The van der Waals surface area contributed by atoms with Crippen molar-refractivity contribution in [3.63, 3.8) is 0 Å². The first-order valence-electron chi connectivity index (χ1n) is 6.63. The number of benzene rings is 1. The number of hydrogen-bond acceptors (Lipinski definition) is 2. The van der Waals surface area contributed by atoms with Crippen molar-refractivity contribution >= 4 is 33.4 Å². The lowest BCUT2D eigenvalue weighted by Gasteiger charge is -2.24. The van der Waals surface area contributed by atoms with E-state index in [1.165, 1.54) is 12.8 Å². The van der Waals surface area contributed by atoms with Crippen LogP contribution in [0.5, 0.6) is 0 Å². The van der Waals surface area contributed by atoms with Crippen molar-refractivity contribution in [3.8, 4) is 0 Å². The summed E-state index contributed by atoms with van der Waals surface area (Å²) < 4.78 is 0.884. The molecule has 0 aliphatic carbocycles. The van der Waals surface area contributed by atoms with Gasteiger partial charge in [0.25, 0.3) is 5.91 Å². The van der Waals surface area contributed by atoms with E-state index in [4.69, 9.17) is 11.6 Å². The summed E-state index contributed by atoms with van der Waals surface area (Å²) in [6, 6.07) is 5.88. The monoisotopic (exact) mass is 342 g/mol. The highest BCUT2D eigenvalue weighted by atomic mass is 79.9. The number of nitrogens with zero attached hydrogens (tertiary/aromatic N) is 1. The number of piperidine rings is 1. The number of amides is 1. The Morgan fingerprint density at radius 1 is 1.42 bits per heavy atom. The molecule has 19 heavy (non-hydrogen) atoms. The average Bonchev–Trinajstić information content (AvgIpc) is 2.84. The van der Waals surface area contributed by atoms with E-state index in [1.54, 1.807) is 12.1 Å². The number of carbonyl (C=O) groups excluding carboxylic acids is 1. The highest BCUT2D eigenvalue weighted by Crippen LogP contribution is 2.28. The standard InChI is InChI=1S/C14H16BrClN2O/c15-10-3-4-12(16)11(6-10)14(19)18-7-9-2-1-5-17-13(9)8-18/h3-4,6,9,13,17H,1-2,5,7-8H2/t9-,13+/m0/s1. The van der Waals surface area contributed by atoms with Gasteiger partial charge in [0.05, 0.1) is 10.6 Å². The van der Waals surface area contributed by atoms with E-state index in [0.717, 1.165) is 24.1 Å². The van der Waals surface area contributed by atoms with Crippen LogP contribution in [0, 0.1) is 5.92 Å². The third-order valence-corrected chi connectivity index (χ3v) is 4.87. The van der Waals surface area contributed by atoms with E-state index in [2.05, 4.69) is 21.2 Å². The molecule has 2 aliphatic rings. The Labute approximate surface area is 126 Å². The second kappa shape index (κ2) is 5.43. The summed E-state index contributed by atoms with van der Waals surface area (Å²) in [7, 11) is 0. The smallest absolute Gasteiger partial charge is 0.255 e. The molecule has 2 atom stereocenters. The number of rotatable bonds is 1. The summed E-state index contributed by atoms with van der Waals surface area (Å²) in [6.45, 7) is 2.71. The quantitative estimate of drug-likeness (QED) is 0.850. The number of carbonyl (C=O) groups is 1. The molecule has 0 spiro atoms. The average molecular weight is 344 g/mol. The maximum atomic E-state index is 12.6. The van der Waals surface area contributed by atoms with Crippen molar-refractivity contribution in [1.29, 1.82) is 0 Å². The minimum atomic E-state index is 0.0440. The number of fused-ring (bicyclic) bond motifs is 1. The Morgan fingerprint density at radius 2 is 2.26 bits per heavy atom. The van der Waals surface area contributed by atoms with Crippen LogP contribution in [0.1, 0.15) is 23.2 Å². The minimum absolute atomic E-state index is 0.0440. The number of nitrogens with one attached hydrogen (secondary N) is 1. The highest BCUT2D eigenvalue weighted by Gasteiger charge is 2.36. The summed E-state index contributed by atoms with van der Waals surface area (Å²) in [5.41, 5.74) is 0.592. The predicted molar refractivity (Wildman–Crippen MR) is 79.6 cm³/mol. The van der Waals surface area contributed by atoms with E-state index >= 15 is 0 Å².